The first-order valence-corrected chi connectivity index (χ1v) is 4.61. The molecule has 1 rings (SSSR count). The van der Waals surface area contributed by atoms with Crippen LogP contribution in [0.1, 0.15) is 17.5 Å². The van der Waals surface area contributed by atoms with Crippen LogP contribution in [0.25, 0.3) is 0 Å². The van der Waals surface area contributed by atoms with E-state index in [1.807, 2.05) is 0 Å². The van der Waals surface area contributed by atoms with Crippen molar-refractivity contribution < 1.29 is 15.0 Å². The number of aliphatic hydroxyl groups excluding tert-OH is 1. The summed E-state index contributed by atoms with van der Waals surface area (Å²) in [5.74, 6) is -0.840. The Kier molecular flexibility index (Phi) is 3.92. The third-order valence-electron chi connectivity index (χ3n) is 1.91. The van der Waals surface area contributed by atoms with E-state index in [1.165, 1.54) is 0 Å². The van der Waals surface area contributed by atoms with Gasteiger partial charge in [0.15, 0.2) is 0 Å². The average Bonchev–Trinajstić information content (AvgIpc) is 2.15. The smallest absolute Gasteiger partial charge is 0.303 e. The van der Waals surface area contributed by atoms with Gasteiger partial charge in [-0.25, -0.2) is 0 Å². The molecule has 1 aromatic carbocycles. The number of rotatable bonds is 4. The summed E-state index contributed by atoms with van der Waals surface area (Å²) in [6, 6.07) is 5.14. The minimum absolute atomic E-state index is 0.0566. The minimum atomic E-state index is -0.840. The maximum absolute atomic E-state index is 10.3. The Labute approximate surface area is 86.9 Å². The van der Waals surface area contributed by atoms with Crippen LogP contribution in [0.5, 0.6) is 0 Å². The standard InChI is InChI=1S/C10H11ClO3/c11-9-5-7(6-12)1-2-8(9)3-4-10(13)14/h1-2,5,12H,3-4,6H2,(H,13,14). The zero-order valence-corrected chi connectivity index (χ0v) is 8.29. The van der Waals surface area contributed by atoms with Gasteiger partial charge in [0.05, 0.1) is 6.61 Å². The molecule has 0 aliphatic carbocycles. The largest absolute Gasteiger partial charge is 0.481 e. The van der Waals surface area contributed by atoms with Crippen LogP contribution in [-0.2, 0) is 17.8 Å². The third-order valence-corrected chi connectivity index (χ3v) is 2.26. The highest BCUT2D eigenvalue weighted by Crippen LogP contribution is 2.19. The SMILES string of the molecule is O=C(O)CCc1ccc(CO)cc1Cl. The maximum atomic E-state index is 10.3. The fourth-order valence-electron chi connectivity index (χ4n) is 1.13. The molecule has 0 aliphatic rings. The Morgan fingerprint density at radius 1 is 1.43 bits per heavy atom. The van der Waals surface area contributed by atoms with Crippen LogP contribution < -0.4 is 0 Å². The molecule has 0 fully saturated rings. The van der Waals surface area contributed by atoms with Crippen molar-refractivity contribution in [2.75, 3.05) is 0 Å². The van der Waals surface area contributed by atoms with Gasteiger partial charge in [0.1, 0.15) is 0 Å². The number of aliphatic hydroxyl groups is 1. The monoisotopic (exact) mass is 214 g/mol. The molecule has 0 aromatic heterocycles. The predicted octanol–water partition coefficient (Wildman–Crippen LogP) is 1.85. The van der Waals surface area contributed by atoms with E-state index in [2.05, 4.69) is 0 Å². The summed E-state index contributed by atoms with van der Waals surface area (Å²) in [7, 11) is 0. The van der Waals surface area contributed by atoms with Gasteiger partial charge >= 0.3 is 5.97 Å². The van der Waals surface area contributed by atoms with Gasteiger partial charge in [0.25, 0.3) is 0 Å². The quantitative estimate of drug-likeness (QED) is 0.804. The Balaban J connectivity index is 2.73. The third kappa shape index (κ3) is 3.01. The average molecular weight is 215 g/mol. The van der Waals surface area contributed by atoms with Crippen molar-refractivity contribution in [3.63, 3.8) is 0 Å². The van der Waals surface area contributed by atoms with Crippen molar-refractivity contribution in [1.29, 1.82) is 0 Å². The Hall–Kier alpha value is -1.06. The van der Waals surface area contributed by atoms with Gasteiger partial charge in [-0.1, -0.05) is 23.7 Å². The molecule has 0 aliphatic heterocycles. The summed E-state index contributed by atoms with van der Waals surface area (Å²) < 4.78 is 0. The second-order valence-electron chi connectivity index (χ2n) is 2.98. The summed E-state index contributed by atoms with van der Waals surface area (Å²) in [5, 5.41) is 17.8. The van der Waals surface area contributed by atoms with Crippen LogP contribution in [0.15, 0.2) is 18.2 Å². The van der Waals surface area contributed by atoms with Gasteiger partial charge in [-0.05, 0) is 23.6 Å². The number of benzene rings is 1. The molecular formula is C10H11ClO3. The molecule has 0 heterocycles. The second-order valence-corrected chi connectivity index (χ2v) is 3.38. The Morgan fingerprint density at radius 2 is 2.14 bits per heavy atom. The van der Waals surface area contributed by atoms with Crippen molar-refractivity contribution in [3.8, 4) is 0 Å². The first-order valence-electron chi connectivity index (χ1n) is 4.23. The fraction of sp³-hybridized carbons (Fsp3) is 0.300. The number of hydrogen-bond acceptors (Lipinski definition) is 2. The highest BCUT2D eigenvalue weighted by Gasteiger charge is 2.04. The molecule has 0 spiro atoms. The first kappa shape index (κ1) is 11.0. The highest BCUT2D eigenvalue weighted by atomic mass is 35.5. The van der Waals surface area contributed by atoms with E-state index in [-0.39, 0.29) is 13.0 Å². The lowest BCUT2D eigenvalue weighted by Gasteiger charge is -2.04. The minimum Gasteiger partial charge on any atom is -0.481 e. The van der Waals surface area contributed by atoms with E-state index in [9.17, 15) is 4.79 Å². The zero-order chi connectivity index (χ0) is 10.6. The lowest BCUT2D eigenvalue weighted by atomic mass is 10.1. The number of carboxylic acids is 1. The van der Waals surface area contributed by atoms with Crippen molar-refractivity contribution in [1.82, 2.24) is 0 Å². The van der Waals surface area contributed by atoms with E-state index in [1.54, 1.807) is 18.2 Å². The maximum Gasteiger partial charge on any atom is 0.303 e. The number of aliphatic carboxylic acids is 1. The van der Waals surface area contributed by atoms with Gasteiger partial charge in [0.2, 0.25) is 0 Å². The van der Waals surface area contributed by atoms with Crippen LogP contribution in [0.2, 0.25) is 5.02 Å². The molecule has 0 radical (unpaired) electrons. The highest BCUT2D eigenvalue weighted by molar-refractivity contribution is 6.31. The summed E-state index contributed by atoms with van der Waals surface area (Å²) >= 11 is 5.89. The summed E-state index contributed by atoms with van der Waals surface area (Å²) in [5.41, 5.74) is 1.53. The number of aryl methyl sites for hydroxylation is 1. The van der Waals surface area contributed by atoms with Crippen LogP contribution in [0, 0.1) is 0 Å². The van der Waals surface area contributed by atoms with Crippen molar-refractivity contribution in [2.24, 2.45) is 0 Å². The topological polar surface area (TPSA) is 57.5 Å². The normalized spacial score (nSPS) is 10.1. The van der Waals surface area contributed by atoms with Crippen molar-refractivity contribution >= 4 is 17.6 Å². The summed E-state index contributed by atoms with van der Waals surface area (Å²) in [6.07, 6.45) is 0.484. The molecule has 0 amide bonds. The second kappa shape index (κ2) is 4.98. The summed E-state index contributed by atoms with van der Waals surface area (Å²) in [6.45, 7) is -0.0566. The summed E-state index contributed by atoms with van der Waals surface area (Å²) in [4.78, 5) is 10.3. The fourth-order valence-corrected chi connectivity index (χ4v) is 1.43. The molecule has 0 saturated carbocycles. The van der Waals surface area contributed by atoms with Gasteiger partial charge in [-0.15, -0.1) is 0 Å². The molecule has 2 N–H and O–H groups in total. The van der Waals surface area contributed by atoms with E-state index in [0.717, 1.165) is 11.1 Å². The molecule has 1 aromatic rings. The molecule has 0 atom stereocenters. The number of carboxylic acid groups (broad SMARTS) is 1. The number of carbonyl (C=O) groups is 1. The lowest BCUT2D eigenvalue weighted by Crippen LogP contribution is -1.98. The molecule has 4 heteroatoms. The van der Waals surface area contributed by atoms with Gasteiger partial charge < -0.3 is 10.2 Å². The van der Waals surface area contributed by atoms with E-state index in [0.29, 0.717) is 11.4 Å². The predicted molar refractivity (Wildman–Crippen MR) is 53.3 cm³/mol. The lowest BCUT2D eigenvalue weighted by molar-refractivity contribution is -0.136. The zero-order valence-electron chi connectivity index (χ0n) is 7.53. The van der Waals surface area contributed by atoms with E-state index >= 15 is 0 Å². The number of hydrogen-bond donors (Lipinski definition) is 2. The number of halogens is 1. The van der Waals surface area contributed by atoms with Crippen molar-refractivity contribution in [3.05, 3.63) is 34.3 Å². The molecule has 3 nitrogen and oxygen atoms in total. The van der Waals surface area contributed by atoms with Crippen LogP contribution in [0.3, 0.4) is 0 Å². The molecule has 0 saturated heterocycles. The van der Waals surface area contributed by atoms with Crippen LogP contribution in [0.4, 0.5) is 0 Å². The van der Waals surface area contributed by atoms with Gasteiger partial charge in [0, 0.05) is 11.4 Å². The van der Waals surface area contributed by atoms with Gasteiger partial charge in [-0.2, -0.15) is 0 Å². The van der Waals surface area contributed by atoms with Crippen LogP contribution in [-0.4, -0.2) is 16.2 Å². The van der Waals surface area contributed by atoms with Crippen molar-refractivity contribution in [2.45, 2.75) is 19.4 Å². The molecule has 0 unspecified atom stereocenters. The molecular weight excluding hydrogens is 204 g/mol. The first-order chi connectivity index (χ1) is 6.63. The molecule has 14 heavy (non-hydrogen) atoms. The van der Waals surface area contributed by atoms with Gasteiger partial charge in [-0.3, -0.25) is 4.79 Å². The molecule has 76 valence electrons. The Morgan fingerprint density at radius 3 is 2.64 bits per heavy atom. The molecule has 0 bridgehead atoms. The Bertz CT molecular complexity index is 336. The van der Waals surface area contributed by atoms with E-state index < -0.39 is 5.97 Å². The van der Waals surface area contributed by atoms with E-state index in [4.69, 9.17) is 21.8 Å². The van der Waals surface area contributed by atoms with Crippen LogP contribution >= 0.6 is 11.6 Å².